The van der Waals surface area contributed by atoms with Crippen molar-refractivity contribution in [2.45, 2.75) is 301 Å². The number of rotatable bonds is 54. The predicted octanol–water partition coefficient (Wildman–Crippen LogP) is 16.2. The van der Waals surface area contributed by atoms with Crippen LogP contribution >= 0.6 is 0 Å². The zero-order valence-electron chi connectivity index (χ0n) is 51.8. The molecule has 0 aliphatic carbocycles. The first-order valence-corrected chi connectivity index (χ1v) is 32.8. The molecule has 1 rings (SSSR count). The maximum Gasteiger partial charge on any atom is 0.306 e. The summed E-state index contributed by atoms with van der Waals surface area (Å²) in [7, 11) is 0. The number of amides is 1. The minimum absolute atomic E-state index is 0.104. The van der Waals surface area contributed by atoms with Gasteiger partial charge in [0.25, 0.3) is 0 Å². The van der Waals surface area contributed by atoms with E-state index in [1.54, 1.807) is 6.08 Å². The van der Waals surface area contributed by atoms with Crippen molar-refractivity contribution >= 4 is 11.9 Å². The minimum Gasteiger partial charge on any atom is -0.454 e. The highest BCUT2D eigenvalue weighted by Gasteiger charge is 2.47. The molecule has 0 aromatic heterocycles. The first-order valence-electron chi connectivity index (χ1n) is 32.8. The highest BCUT2D eigenvalue weighted by atomic mass is 16.7. The molecule has 8 atom stereocenters. The predicted molar refractivity (Wildman–Crippen MR) is 342 cm³/mol. The van der Waals surface area contributed by atoms with Crippen LogP contribution in [0.5, 0.6) is 0 Å². The largest absolute Gasteiger partial charge is 0.454 e. The van der Waals surface area contributed by atoms with E-state index in [1.165, 1.54) is 70.6 Å². The van der Waals surface area contributed by atoms with Crippen LogP contribution in [0.25, 0.3) is 0 Å². The number of aliphatic hydroxyl groups excluding tert-OH is 5. The van der Waals surface area contributed by atoms with E-state index in [9.17, 15) is 35.1 Å². The number of carbonyl (C=O) groups is 2. The van der Waals surface area contributed by atoms with Crippen molar-refractivity contribution in [2.24, 2.45) is 0 Å². The number of unbranched alkanes of at least 4 members (excludes halogenated alkanes) is 22. The highest BCUT2D eigenvalue weighted by molar-refractivity contribution is 5.80. The number of carbonyl (C=O) groups excluding carboxylic acids is 2. The van der Waals surface area contributed by atoms with Gasteiger partial charge in [-0.1, -0.05) is 258 Å². The van der Waals surface area contributed by atoms with E-state index < -0.39 is 67.4 Å². The Labute approximate surface area is 500 Å². The molecule has 0 aromatic rings. The molecule has 1 fully saturated rings. The van der Waals surface area contributed by atoms with Gasteiger partial charge in [0, 0.05) is 6.42 Å². The molecule has 82 heavy (non-hydrogen) atoms. The average molecular weight is 1150 g/mol. The molecule has 0 bridgehead atoms. The van der Waals surface area contributed by atoms with Gasteiger partial charge in [0.15, 0.2) is 12.4 Å². The Morgan fingerprint density at radius 2 is 0.878 bits per heavy atom. The Kier molecular flexibility index (Phi) is 53.3. The van der Waals surface area contributed by atoms with E-state index in [-0.39, 0.29) is 19.4 Å². The van der Waals surface area contributed by atoms with Crippen LogP contribution in [0.2, 0.25) is 0 Å². The number of aliphatic hydroxyl groups is 5. The quantitative estimate of drug-likeness (QED) is 0.0195. The number of ether oxygens (including phenoxy) is 3. The highest BCUT2D eigenvalue weighted by Crippen LogP contribution is 2.26. The van der Waals surface area contributed by atoms with Crippen molar-refractivity contribution in [3.63, 3.8) is 0 Å². The summed E-state index contributed by atoms with van der Waals surface area (Å²) in [5.41, 5.74) is 0. The first-order chi connectivity index (χ1) is 40.2. The van der Waals surface area contributed by atoms with E-state index in [1.807, 2.05) is 6.08 Å². The van der Waals surface area contributed by atoms with E-state index in [2.05, 4.69) is 135 Å². The summed E-state index contributed by atoms with van der Waals surface area (Å²) in [5, 5.41) is 57.0. The minimum atomic E-state index is -1.63. The van der Waals surface area contributed by atoms with E-state index in [4.69, 9.17) is 14.2 Å². The van der Waals surface area contributed by atoms with Gasteiger partial charge >= 0.3 is 5.97 Å². The number of hydrogen-bond donors (Lipinski definition) is 6. The van der Waals surface area contributed by atoms with Crippen molar-refractivity contribution < 1.29 is 49.3 Å². The smallest absolute Gasteiger partial charge is 0.306 e. The standard InChI is InChI=1S/C71H119NO10/c1-4-7-10-13-16-19-22-25-26-27-28-29-30-31-32-33-34-35-36-37-38-41-44-47-50-53-56-59-66(76)82-69-68(78)67(77)65(60-73)81-71(69)80-61-62(63(74)57-54-51-48-45-42-39-23-20-17-14-11-8-5-2)72-70(79)64(75)58-55-52-49-46-43-40-24-21-18-15-12-9-6-3/h7,9-10,12,16,18-19,21,25-26,28-29,31-32,34-35,40,43,54,57,62-65,67-69,71,73-75,77-78H,4-6,8,11,13-15,17,20,22-24,27,30,33,36-39,41-42,44-53,55-56,58-61H2,1-3H3,(H,72,79)/b10-7-,12-9+,19-16-,21-18+,26-25-,29-28-,32-31-,35-34-,43-40+,57-54+. The van der Waals surface area contributed by atoms with Gasteiger partial charge in [-0.3, -0.25) is 9.59 Å². The van der Waals surface area contributed by atoms with Crippen molar-refractivity contribution in [1.29, 1.82) is 0 Å². The summed E-state index contributed by atoms with van der Waals surface area (Å²) in [5.74, 6) is -1.23. The molecule has 11 heteroatoms. The number of nitrogens with one attached hydrogen (secondary N) is 1. The molecule has 8 unspecified atom stereocenters. The summed E-state index contributed by atoms with van der Waals surface area (Å²) in [6.45, 7) is 5.54. The second kappa shape index (κ2) is 57.5. The zero-order chi connectivity index (χ0) is 59.6. The van der Waals surface area contributed by atoms with Crippen LogP contribution in [0, 0.1) is 0 Å². The zero-order valence-corrected chi connectivity index (χ0v) is 51.8. The van der Waals surface area contributed by atoms with Crippen molar-refractivity contribution in [3.05, 3.63) is 122 Å². The lowest BCUT2D eigenvalue weighted by molar-refractivity contribution is -0.305. The van der Waals surface area contributed by atoms with Crippen LogP contribution in [0.15, 0.2) is 122 Å². The molecular formula is C71H119NO10. The molecule has 1 amide bonds. The van der Waals surface area contributed by atoms with Gasteiger partial charge in [-0.25, -0.2) is 0 Å². The summed E-state index contributed by atoms with van der Waals surface area (Å²) in [6, 6.07) is -1.04. The Hall–Kier alpha value is -3.94. The summed E-state index contributed by atoms with van der Waals surface area (Å²) in [4.78, 5) is 26.6. The molecule has 0 spiro atoms. The molecule has 1 aliphatic heterocycles. The van der Waals surface area contributed by atoms with E-state index >= 15 is 0 Å². The van der Waals surface area contributed by atoms with Crippen LogP contribution in [-0.2, 0) is 23.8 Å². The molecule has 1 aliphatic rings. The molecule has 6 N–H and O–H groups in total. The van der Waals surface area contributed by atoms with Gasteiger partial charge in [0.1, 0.15) is 24.4 Å². The molecule has 1 heterocycles. The van der Waals surface area contributed by atoms with Crippen LogP contribution in [-0.4, -0.2) is 99.6 Å². The monoisotopic (exact) mass is 1150 g/mol. The summed E-state index contributed by atoms with van der Waals surface area (Å²) < 4.78 is 17.6. The van der Waals surface area contributed by atoms with Gasteiger partial charge in [0.05, 0.1) is 25.4 Å². The van der Waals surface area contributed by atoms with Crippen molar-refractivity contribution in [1.82, 2.24) is 5.32 Å². The Bertz CT molecular complexity index is 1800. The lowest BCUT2D eigenvalue weighted by Gasteiger charge is -2.41. The van der Waals surface area contributed by atoms with Gasteiger partial charge < -0.3 is 45.1 Å². The van der Waals surface area contributed by atoms with Crippen LogP contribution < -0.4 is 5.32 Å². The van der Waals surface area contributed by atoms with E-state index in [0.29, 0.717) is 12.8 Å². The third-order valence-electron chi connectivity index (χ3n) is 14.6. The second-order valence-electron chi connectivity index (χ2n) is 22.1. The van der Waals surface area contributed by atoms with Crippen LogP contribution in [0.1, 0.15) is 252 Å². The number of hydrogen-bond acceptors (Lipinski definition) is 10. The maximum atomic E-state index is 13.4. The molecule has 0 aromatic carbocycles. The van der Waals surface area contributed by atoms with Gasteiger partial charge in [-0.15, -0.1) is 0 Å². The summed E-state index contributed by atoms with van der Waals surface area (Å²) >= 11 is 0. The molecule has 11 nitrogen and oxygen atoms in total. The fraction of sp³-hybridized carbons (Fsp3) is 0.690. The van der Waals surface area contributed by atoms with Gasteiger partial charge in [-0.05, 0) is 109 Å². The van der Waals surface area contributed by atoms with Gasteiger partial charge in [0.2, 0.25) is 5.91 Å². The normalized spacial score (nSPS) is 19.4. The van der Waals surface area contributed by atoms with Crippen molar-refractivity contribution in [2.75, 3.05) is 13.2 Å². The van der Waals surface area contributed by atoms with Crippen LogP contribution in [0.3, 0.4) is 0 Å². The third-order valence-corrected chi connectivity index (χ3v) is 14.6. The Morgan fingerprint density at radius 3 is 1.32 bits per heavy atom. The fourth-order valence-corrected chi connectivity index (χ4v) is 9.49. The summed E-state index contributed by atoms with van der Waals surface area (Å²) in [6.07, 6.45) is 69.5. The Morgan fingerprint density at radius 1 is 0.488 bits per heavy atom. The van der Waals surface area contributed by atoms with Gasteiger partial charge in [-0.2, -0.15) is 0 Å². The first kappa shape index (κ1) is 76.1. The van der Waals surface area contributed by atoms with Crippen molar-refractivity contribution in [3.8, 4) is 0 Å². The lowest BCUT2D eigenvalue weighted by atomic mass is 9.99. The second-order valence-corrected chi connectivity index (χ2v) is 22.1. The topological polar surface area (TPSA) is 175 Å². The van der Waals surface area contributed by atoms with Crippen LogP contribution in [0.4, 0.5) is 0 Å². The number of allylic oxidation sites excluding steroid dienone is 19. The molecule has 0 saturated carbocycles. The third kappa shape index (κ3) is 44.6. The SMILES string of the molecule is CC/C=C\C/C=C\C/C=C\C/C=C\C/C=C\C/C=C\CCCCCCCCCCC(=O)OC1C(OCC(NC(=O)C(O)CCCCC/C=C/C/C=C/C/C=C/CC)C(O)/C=C/CCCCCCCCCCCCC)OC(CO)C(O)C1O. The molecule has 1 saturated heterocycles. The maximum absolute atomic E-state index is 13.4. The van der Waals surface area contributed by atoms with E-state index in [0.717, 1.165) is 135 Å². The lowest BCUT2D eigenvalue weighted by Crippen LogP contribution is -2.61. The number of esters is 1. The molecule has 0 radical (unpaired) electrons. The molecular weight excluding hydrogens is 1030 g/mol. The fourth-order valence-electron chi connectivity index (χ4n) is 9.49. The Balaban J connectivity index is 2.61. The molecule has 468 valence electrons. The average Bonchev–Trinajstić information content (AvgIpc) is 3.57.